The maximum Gasteiger partial charge on any atom is 0.254 e. The predicted octanol–water partition coefficient (Wildman–Crippen LogP) is 1.77. The smallest absolute Gasteiger partial charge is 0.254 e. The number of aromatic hydroxyl groups is 1. The number of benzene rings is 1. The van der Waals surface area contributed by atoms with Gasteiger partial charge in [-0.15, -0.1) is 0 Å². The van der Waals surface area contributed by atoms with E-state index in [9.17, 15) is 9.90 Å². The topological polar surface area (TPSA) is 83.0 Å². The van der Waals surface area contributed by atoms with Crippen LogP contribution >= 0.6 is 0 Å². The lowest BCUT2D eigenvalue weighted by molar-refractivity contribution is -0.120. The van der Waals surface area contributed by atoms with E-state index in [1.54, 1.807) is 12.1 Å². The van der Waals surface area contributed by atoms with Gasteiger partial charge < -0.3 is 15.2 Å². The van der Waals surface area contributed by atoms with Crippen molar-refractivity contribution in [1.82, 2.24) is 10.7 Å². The van der Waals surface area contributed by atoms with Gasteiger partial charge >= 0.3 is 0 Å². The molecular weight excluding hydrogens is 282 g/mol. The molecule has 0 heterocycles. The van der Waals surface area contributed by atoms with Crippen molar-refractivity contribution in [3.05, 3.63) is 23.8 Å². The van der Waals surface area contributed by atoms with Crippen LogP contribution in [0.3, 0.4) is 0 Å². The Morgan fingerprint density at radius 2 is 2.18 bits per heavy atom. The lowest BCUT2D eigenvalue weighted by Gasteiger charge is -2.22. The summed E-state index contributed by atoms with van der Waals surface area (Å²) in [5.41, 5.74) is 3.22. The van der Waals surface area contributed by atoms with Gasteiger partial charge in [0.2, 0.25) is 0 Å². The molecule has 0 unspecified atom stereocenters. The van der Waals surface area contributed by atoms with Gasteiger partial charge in [-0.3, -0.25) is 4.79 Å². The van der Waals surface area contributed by atoms with Crippen molar-refractivity contribution in [3.63, 3.8) is 0 Å². The lowest BCUT2D eigenvalue weighted by atomic mass is 9.95. The molecule has 1 aromatic carbocycles. The molecule has 1 amide bonds. The molecule has 2 rings (SSSR count). The van der Waals surface area contributed by atoms with E-state index in [4.69, 9.17) is 4.74 Å². The first-order valence-electron chi connectivity index (χ1n) is 7.61. The molecule has 6 nitrogen and oxygen atoms in total. The number of carbonyl (C=O) groups excluding carboxylic acids is 1. The average Bonchev–Trinajstić information content (AvgIpc) is 2.55. The Balaban J connectivity index is 1.75. The number of phenolic OH excluding ortho intramolecular Hbond substituents is 1. The molecule has 120 valence electrons. The van der Waals surface area contributed by atoms with Crippen LogP contribution in [0.25, 0.3) is 0 Å². The summed E-state index contributed by atoms with van der Waals surface area (Å²) >= 11 is 0. The quantitative estimate of drug-likeness (QED) is 0.552. The second-order valence-corrected chi connectivity index (χ2v) is 5.44. The highest BCUT2D eigenvalue weighted by Gasteiger charge is 2.13. The van der Waals surface area contributed by atoms with Crippen LogP contribution in [-0.2, 0) is 4.79 Å². The van der Waals surface area contributed by atoms with E-state index < -0.39 is 0 Å². The number of rotatable bonds is 6. The fourth-order valence-electron chi connectivity index (χ4n) is 2.54. The fraction of sp³-hybridized carbons (Fsp3) is 0.500. The number of nitrogens with one attached hydrogen (secondary N) is 2. The van der Waals surface area contributed by atoms with Gasteiger partial charge in [0.1, 0.15) is 0 Å². The summed E-state index contributed by atoms with van der Waals surface area (Å²) in [4.78, 5) is 11.7. The summed E-state index contributed by atoms with van der Waals surface area (Å²) < 4.78 is 5.01. The summed E-state index contributed by atoms with van der Waals surface area (Å²) in [5.74, 6) is 0.280. The fourth-order valence-corrected chi connectivity index (χ4v) is 2.54. The summed E-state index contributed by atoms with van der Waals surface area (Å²) in [7, 11) is 1.48. The first-order valence-corrected chi connectivity index (χ1v) is 7.61. The van der Waals surface area contributed by atoms with Crippen molar-refractivity contribution >= 4 is 12.1 Å². The van der Waals surface area contributed by atoms with Crippen LogP contribution in [0.15, 0.2) is 23.3 Å². The lowest BCUT2D eigenvalue weighted by Crippen LogP contribution is -2.38. The van der Waals surface area contributed by atoms with E-state index in [0.29, 0.717) is 11.8 Å². The van der Waals surface area contributed by atoms with E-state index in [1.807, 2.05) is 0 Å². The van der Waals surface area contributed by atoms with E-state index >= 15 is 0 Å². The molecule has 1 aliphatic carbocycles. The van der Waals surface area contributed by atoms with Gasteiger partial charge in [-0.1, -0.05) is 19.3 Å². The molecule has 0 aromatic heterocycles. The van der Waals surface area contributed by atoms with Gasteiger partial charge in [0.15, 0.2) is 11.5 Å². The molecule has 0 aliphatic heterocycles. The first-order chi connectivity index (χ1) is 10.7. The number of methoxy groups -OCH3 is 1. The highest BCUT2D eigenvalue weighted by molar-refractivity contribution is 5.83. The molecule has 0 spiro atoms. The molecule has 0 saturated heterocycles. The normalized spacial score (nSPS) is 15.9. The van der Waals surface area contributed by atoms with Gasteiger partial charge in [-0.05, 0) is 36.6 Å². The molecule has 1 aromatic rings. The molecule has 1 aliphatic rings. The van der Waals surface area contributed by atoms with Gasteiger partial charge in [-0.25, -0.2) is 5.43 Å². The average molecular weight is 305 g/mol. The SMILES string of the molecule is COc1cc(/C=N\NC(=O)CNC2CCCCC2)ccc1O. The summed E-state index contributed by atoms with van der Waals surface area (Å²) in [5, 5.41) is 16.7. The summed E-state index contributed by atoms with van der Waals surface area (Å²) in [6.45, 7) is 0.279. The molecule has 1 saturated carbocycles. The highest BCUT2D eigenvalue weighted by atomic mass is 16.5. The standard InChI is InChI=1S/C16H23N3O3/c1-22-15-9-12(7-8-14(15)20)10-18-19-16(21)11-17-13-5-3-2-4-6-13/h7-10,13,17,20H,2-6,11H2,1H3,(H,19,21)/b18-10-. The van der Waals surface area contributed by atoms with Gasteiger partial charge in [0.25, 0.3) is 5.91 Å². The number of nitrogens with zero attached hydrogens (tertiary/aromatic N) is 1. The monoisotopic (exact) mass is 305 g/mol. The Morgan fingerprint density at radius 1 is 1.41 bits per heavy atom. The van der Waals surface area contributed by atoms with Crippen LogP contribution in [0, 0.1) is 0 Å². The van der Waals surface area contributed by atoms with Crippen molar-refractivity contribution in [1.29, 1.82) is 0 Å². The second-order valence-electron chi connectivity index (χ2n) is 5.44. The van der Waals surface area contributed by atoms with Gasteiger partial charge in [0, 0.05) is 6.04 Å². The number of phenols is 1. The number of hydrogen-bond acceptors (Lipinski definition) is 5. The Hall–Kier alpha value is -2.08. The maximum atomic E-state index is 11.7. The summed E-state index contributed by atoms with van der Waals surface area (Å²) in [6, 6.07) is 5.30. The number of carbonyl (C=O) groups is 1. The third kappa shape index (κ3) is 5.04. The molecule has 22 heavy (non-hydrogen) atoms. The van der Waals surface area contributed by atoms with Crippen LogP contribution in [0.1, 0.15) is 37.7 Å². The van der Waals surface area contributed by atoms with Crippen molar-refractivity contribution in [2.24, 2.45) is 5.10 Å². The van der Waals surface area contributed by atoms with Crippen molar-refractivity contribution in [2.45, 2.75) is 38.1 Å². The van der Waals surface area contributed by atoms with Crippen molar-refractivity contribution in [3.8, 4) is 11.5 Å². The van der Waals surface area contributed by atoms with E-state index in [-0.39, 0.29) is 18.2 Å². The number of amides is 1. The van der Waals surface area contributed by atoms with E-state index in [0.717, 1.165) is 18.4 Å². The third-order valence-electron chi connectivity index (χ3n) is 3.76. The van der Waals surface area contributed by atoms with Crippen LogP contribution in [0.5, 0.6) is 11.5 Å². The Bertz CT molecular complexity index is 525. The molecule has 0 radical (unpaired) electrons. The molecule has 0 atom stereocenters. The number of hydrogen-bond donors (Lipinski definition) is 3. The molecule has 3 N–H and O–H groups in total. The first kappa shape index (κ1) is 16.3. The highest BCUT2D eigenvalue weighted by Crippen LogP contribution is 2.25. The Morgan fingerprint density at radius 3 is 2.91 bits per heavy atom. The molecule has 1 fully saturated rings. The molecule has 6 heteroatoms. The summed E-state index contributed by atoms with van der Waals surface area (Å²) in [6.07, 6.45) is 7.57. The zero-order chi connectivity index (χ0) is 15.8. The van der Waals surface area contributed by atoms with Crippen LogP contribution < -0.4 is 15.5 Å². The van der Waals surface area contributed by atoms with Crippen LogP contribution in [-0.4, -0.2) is 36.9 Å². The molecular formula is C16H23N3O3. The van der Waals surface area contributed by atoms with E-state index in [2.05, 4.69) is 15.8 Å². The number of hydrazone groups is 1. The zero-order valence-corrected chi connectivity index (χ0v) is 12.8. The minimum atomic E-state index is -0.160. The number of ether oxygens (including phenoxy) is 1. The van der Waals surface area contributed by atoms with E-state index in [1.165, 1.54) is 38.7 Å². The van der Waals surface area contributed by atoms with Crippen molar-refractivity contribution < 1.29 is 14.6 Å². The minimum absolute atomic E-state index is 0.0698. The van der Waals surface area contributed by atoms with Gasteiger partial charge in [-0.2, -0.15) is 5.10 Å². The second kappa shape index (κ2) is 8.38. The van der Waals surface area contributed by atoms with Crippen molar-refractivity contribution in [2.75, 3.05) is 13.7 Å². The predicted molar refractivity (Wildman–Crippen MR) is 85.3 cm³/mol. The third-order valence-corrected chi connectivity index (χ3v) is 3.76. The van der Waals surface area contributed by atoms with Crippen LogP contribution in [0.2, 0.25) is 0 Å². The molecule has 0 bridgehead atoms. The largest absolute Gasteiger partial charge is 0.504 e. The van der Waals surface area contributed by atoms with Crippen LogP contribution in [0.4, 0.5) is 0 Å². The zero-order valence-electron chi connectivity index (χ0n) is 12.8. The minimum Gasteiger partial charge on any atom is -0.504 e. The van der Waals surface area contributed by atoms with Gasteiger partial charge in [0.05, 0.1) is 19.9 Å². The Labute approximate surface area is 130 Å². The Kier molecular flexibility index (Phi) is 6.21. The maximum absolute atomic E-state index is 11.7.